The molecule has 1 heteroatoms. The zero-order valence-corrected chi connectivity index (χ0v) is 16.4. The number of rotatable bonds is 20. The van der Waals surface area contributed by atoms with Crippen molar-refractivity contribution in [3.63, 3.8) is 0 Å². The highest BCUT2D eigenvalue weighted by atomic mass is 16.5. The number of unbranched alkanes of at least 4 members (excludes halogenated alkanes) is 17. The highest BCUT2D eigenvalue weighted by molar-refractivity contribution is 4.53. The quantitative estimate of drug-likeness (QED) is 0.205. The lowest BCUT2D eigenvalue weighted by molar-refractivity contribution is 0.205. The molecule has 0 fully saturated rings. The van der Waals surface area contributed by atoms with Crippen LogP contribution < -0.4 is 0 Å². The van der Waals surface area contributed by atoms with Gasteiger partial charge in [-0.2, -0.15) is 0 Å². The second-order valence-electron chi connectivity index (χ2n) is 7.07. The molecule has 0 rings (SSSR count). The smallest absolute Gasteiger partial charge is 0.0836 e. The summed E-state index contributed by atoms with van der Waals surface area (Å²) in [5.74, 6) is 0. The summed E-state index contributed by atoms with van der Waals surface area (Å²) >= 11 is 0. The summed E-state index contributed by atoms with van der Waals surface area (Å²) in [6, 6.07) is 0. The maximum Gasteiger partial charge on any atom is 0.0836 e. The Morgan fingerprint density at radius 3 is 1.17 bits per heavy atom. The molecule has 0 spiro atoms. The van der Waals surface area contributed by atoms with E-state index in [0.29, 0.717) is 0 Å². The second kappa shape index (κ2) is 22.0. The van der Waals surface area contributed by atoms with Crippen molar-refractivity contribution in [2.24, 2.45) is 0 Å². The molecule has 0 saturated heterocycles. The monoisotopic (exact) mass is 325 g/mol. The fourth-order valence-corrected chi connectivity index (χ4v) is 3.15. The van der Waals surface area contributed by atoms with Crippen LogP contribution in [0.3, 0.4) is 0 Å². The first-order valence-electron chi connectivity index (χ1n) is 10.8. The summed E-state index contributed by atoms with van der Waals surface area (Å²) < 4.78 is 5.24. The van der Waals surface area contributed by atoms with Crippen LogP contribution in [0, 0.1) is 6.61 Å². The van der Waals surface area contributed by atoms with Gasteiger partial charge in [-0.1, -0.05) is 116 Å². The molecule has 1 nitrogen and oxygen atoms in total. The average Bonchev–Trinajstić information content (AvgIpc) is 2.57. The van der Waals surface area contributed by atoms with E-state index in [1.54, 1.807) is 0 Å². The summed E-state index contributed by atoms with van der Waals surface area (Å²) in [4.78, 5) is 0. The van der Waals surface area contributed by atoms with E-state index in [1.807, 2.05) is 13.5 Å². The molecular formula is C22H45O. The van der Waals surface area contributed by atoms with Gasteiger partial charge in [0.1, 0.15) is 0 Å². The second-order valence-corrected chi connectivity index (χ2v) is 7.07. The SMILES string of the molecule is CCCCCCCCCCCCCCCCCCC[CH]OCC. The fraction of sp³-hybridized carbons (Fsp3) is 0.955. The van der Waals surface area contributed by atoms with E-state index in [9.17, 15) is 0 Å². The van der Waals surface area contributed by atoms with Crippen LogP contribution in [0.5, 0.6) is 0 Å². The van der Waals surface area contributed by atoms with Gasteiger partial charge in [-0.3, -0.25) is 0 Å². The Morgan fingerprint density at radius 1 is 0.478 bits per heavy atom. The van der Waals surface area contributed by atoms with Crippen LogP contribution in [0.1, 0.15) is 129 Å². The van der Waals surface area contributed by atoms with Crippen LogP contribution in [0.25, 0.3) is 0 Å². The van der Waals surface area contributed by atoms with Gasteiger partial charge in [0.25, 0.3) is 0 Å². The molecule has 0 aliphatic heterocycles. The third-order valence-electron chi connectivity index (χ3n) is 4.71. The van der Waals surface area contributed by atoms with Crippen LogP contribution in [0.2, 0.25) is 0 Å². The van der Waals surface area contributed by atoms with Gasteiger partial charge >= 0.3 is 0 Å². The average molecular weight is 326 g/mol. The Labute approximate surface area is 148 Å². The Hall–Kier alpha value is -0.0400. The molecule has 0 saturated carbocycles. The van der Waals surface area contributed by atoms with Gasteiger partial charge < -0.3 is 4.74 Å². The van der Waals surface area contributed by atoms with Crippen molar-refractivity contribution in [1.29, 1.82) is 0 Å². The van der Waals surface area contributed by atoms with E-state index < -0.39 is 0 Å². The number of hydrogen-bond donors (Lipinski definition) is 0. The number of hydrogen-bond acceptors (Lipinski definition) is 1. The minimum Gasteiger partial charge on any atom is -0.376 e. The summed E-state index contributed by atoms with van der Waals surface area (Å²) in [7, 11) is 0. The summed E-state index contributed by atoms with van der Waals surface area (Å²) in [5, 5.41) is 0. The van der Waals surface area contributed by atoms with Crippen LogP contribution in [-0.2, 0) is 4.74 Å². The first-order valence-corrected chi connectivity index (χ1v) is 10.8. The predicted octanol–water partition coefficient (Wildman–Crippen LogP) is 8.23. The maximum absolute atomic E-state index is 5.24. The molecule has 0 aliphatic rings. The summed E-state index contributed by atoms with van der Waals surface area (Å²) in [6.45, 7) is 7.14. The molecule has 0 bridgehead atoms. The molecule has 0 aromatic heterocycles. The standard InChI is InChI=1S/C22H45O/c1-3-5-6-7-8-9-10-11-12-13-14-15-16-17-18-19-20-21-22-23-4-2/h22H,3-21H2,1-2H3. The van der Waals surface area contributed by atoms with Gasteiger partial charge in [0.05, 0.1) is 6.61 Å². The Morgan fingerprint density at radius 2 is 0.826 bits per heavy atom. The normalized spacial score (nSPS) is 11.2. The molecule has 0 heterocycles. The molecule has 139 valence electrons. The molecular weight excluding hydrogens is 280 g/mol. The lowest BCUT2D eigenvalue weighted by Crippen LogP contribution is -1.87. The van der Waals surface area contributed by atoms with E-state index in [0.717, 1.165) is 13.0 Å². The van der Waals surface area contributed by atoms with Gasteiger partial charge in [0.2, 0.25) is 0 Å². The van der Waals surface area contributed by atoms with Crippen molar-refractivity contribution in [3.05, 3.63) is 6.61 Å². The van der Waals surface area contributed by atoms with Crippen LogP contribution in [0.4, 0.5) is 0 Å². The van der Waals surface area contributed by atoms with Crippen LogP contribution >= 0.6 is 0 Å². The van der Waals surface area contributed by atoms with Gasteiger partial charge in [-0.15, -0.1) is 0 Å². The molecule has 1 radical (unpaired) electrons. The first kappa shape index (κ1) is 23.0. The van der Waals surface area contributed by atoms with Crippen molar-refractivity contribution >= 4 is 0 Å². The van der Waals surface area contributed by atoms with E-state index in [1.165, 1.54) is 109 Å². The van der Waals surface area contributed by atoms with Crippen molar-refractivity contribution in [3.8, 4) is 0 Å². The van der Waals surface area contributed by atoms with Gasteiger partial charge in [0, 0.05) is 6.61 Å². The van der Waals surface area contributed by atoms with Gasteiger partial charge in [-0.05, 0) is 13.3 Å². The zero-order chi connectivity index (χ0) is 16.8. The Kier molecular flexibility index (Phi) is 21.9. The summed E-state index contributed by atoms with van der Waals surface area (Å²) in [6.07, 6.45) is 25.6. The molecule has 0 aromatic carbocycles. The van der Waals surface area contributed by atoms with Crippen molar-refractivity contribution in [2.45, 2.75) is 129 Å². The van der Waals surface area contributed by atoms with Gasteiger partial charge in [-0.25, -0.2) is 0 Å². The molecule has 0 atom stereocenters. The largest absolute Gasteiger partial charge is 0.376 e. The Balaban J connectivity index is 2.92. The van der Waals surface area contributed by atoms with Crippen LogP contribution in [-0.4, -0.2) is 6.61 Å². The van der Waals surface area contributed by atoms with E-state index in [4.69, 9.17) is 4.74 Å². The molecule has 0 amide bonds. The third-order valence-corrected chi connectivity index (χ3v) is 4.71. The maximum atomic E-state index is 5.24. The highest BCUT2D eigenvalue weighted by Crippen LogP contribution is 2.14. The molecule has 23 heavy (non-hydrogen) atoms. The van der Waals surface area contributed by atoms with Crippen LogP contribution in [0.15, 0.2) is 0 Å². The highest BCUT2D eigenvalue weighted by Gasteiger charge is 1.95. The lowest BCUT2D eigenvalue weighted by atomic mass is 10.0. The molecule has 0 N–H and O–H groups in total. The van der Waals surface area contributed by atoms with Crippen molar-refractivity contribution in [1.82, 2.24) is 0 Å². The van der Waals surface area contributed by atoms with E-state index in [-0.39, 0.29) is 0 Å². The topological polar surface area (TPSA) is 9.23 Å². The van der Waals surface area contributed by atoms with E-state index >= 15 is 0 Å². The predicted molar refractivity (Wildman–Crippen MR) is 105 cm³/mol. The zero-order valence-electron chi connectivity index (χ0n) is 16.4. The Bertz CT molecular complexity index is 170. The minimum absolute atomic E-state index is 0.818. The third kappa shape index (κ3) is 22.0. The molecule has 0 unspecified atom stereocenters. The number of ether oxygens (including phenoxy) is 1. The summed E-state index contributed by atoms with van der Waals surface area (Å²) in [5.41, 5.74) is 0. The molecule has 0 aromatic rings. The lowest BCUT2D eigenvalue weighted by Gasteiger charge is -2.04. The van der Waals surface area contributed by atoms with Crippen molar-refractivity contribution in [2.75, 3.05) is 6.61 Å². The molecule has 0 aliphatic carbocycles. The van der Waals surface area contributed by atoms with Crippen molar-refractivity contribution < 1.29 is 4.74 Å². The van der Waals surface area contributed by atoms with Gasteiger partial charge in [0.15, 0.2) is 0 Å². The fourth-order valence-electron chi connectivity index (χ4n) is 3.15. The minimum atomic E-state index is 0.818. The first-order chi connectivity index (χ1) is 11.4. The van der Waals surface area contributed by atoms with E-state index in [2.05, 4.69) is 6.92 Å².